The van der Waals surface area contributed by atoms with E-state index in [4.69, 9.17) is 4.74 Å². The third-order valence-electron chi connectivity index (χ3n) is 5.16. The SMILES string of the molecule is COc1ccc(-n2c(SCC(=O)Nc3cc(C)nc4ccccc34)nnc2-c2cccs2)cc1. The second-order valence-corrected chi connectivity index (χ2v) is 9.37. The molecule has 0 aliphatic rings. The Kier molecular flexibility index (Phi) is 6.29. The molecule has 2 aromatic carbocycles. The van der Waals surface area contributed by atoms with Gasteiger partial charge < -0.3 is 10.1 Å². The number of hydrogen-bond acceptors (Lipinski definition) is 7. The molecule has 7 nitrogen and oxygen atoms in total. The molecule has 9 heteroatoms. The molecular weight excluding hydrogens is 466 g/mol. The second-order valence-electron chi connectivity index (χ2n) is 7.48. The van der Waals surface area contributed by atoms with Crippen molar-refractivity contribution < 1.29 is 9.53 Å². The van der Waals surface area contributed by atoms with Crippen LogP contribution in [0, 0.1) is 6.92 Å². The van der Waals surface area contributed by atoms with Crippen LogP contribution in [0.1, 0.15) is 5.69 Å². The van der Waals surface area contributed by atoms with Crippen molar-refractivity contribution in [3.05, 3.63) is 77.8 Å². The Morgan fingerprint density at radius 1 is 1.09 bits per heavy atom. The summed E-state index contributed by atoms with van der Waals surface area (Å²) in [5, 5.41) is 15.4. The lowest BCUT2D eigenvalue weighted by atomic mass is 10.1. The van der Waals surface area contributed by atoms with E-state index in [1.807, 2.05) is 83.6 Å². The highest BCUT2D eigenvalue weighted by Crippen LogP contribution is 2.31. The fourth-order valence-corrected chi connectivity index (χ4v) is 5.07. The molecule has 1 N–H and O–H groups in total. The van der Waals surface area contributed by atoms with Gasteiger partial charge in [0.2, 0.25) is 5.91 Å². The lowest BCUT2D eigenvalue weighted by molar-refractivity contribution is -0.113. The van der Waals surface area contributed by atoms with Crippen molar-refractivity contribution in [2.45, 2.75) is 12.1 Å². The Morgan fingerprint density at radius 2 is 1.91 bits per heavy atom. The number of benzene rings is 2. The number of methoxy groups -OCH3 is 1. The maximum absolute atomic E-state index is 12.9. The van der Waals surface area contributed by atoms with Crippen LogP contribution in [-0.2, 0) is 4.79 Å². The molecule has 3 heterocycles. The molecule has 0 atom stereocenters. The van der Waals surface area contributed by atoms with Gasteiger partial charge in [0.15, 0.2) is 11.0 Å². The van der Waals surface area contributed by atoms with Crippen molar-refractivity contribution in [3.63, 3.8) is 0 Å². The molecular formula is C25H21N5O2S2. The molecule has 0 aliphatic heterocycles. The molecule has 0 unspecified atom stereocenters. The zero-order chi connectivity index (χ0) is 23.5. The summed E-state index contributed by atoms with van der Waals surface area (Å²) in [7, 11) is 1.64. The number of para-hydroxylation sites is 1. The molecule has 0 spiro atoms. The van der Waals surface area contributed by atoms with E-state index < -0.39 is 0 Å². The van der Waals surface area contributed by atoms with Crippen molar-refractivity contribution in [1.82, 2.24) is 19.7 Å². The Bertz CT molecular complexity index is 1450. The van der Waals surface area contributed by atoms with Gasteiger partial charge in [-0.15, -0.1) is 21.5 Å². The predicted molar refractivity (Wildman–Crippen MR) is 137 cm³/mol. The number of thiophene rings is 1. The average molecular weight is 488 g/mol. The highest BCUT2D eigenvalue weighted by molar-refractivity contribution is 7.99. The molecule has 5 rings (SSSR count). The summed E-state index contributed by atoms with van der Waals surface area (Å²) in [6.45, 7) is 1.92. The van der Waals surface area contributed by atoms with Crippen molar-refractivity contribution in [1.29, 1.82) is 0 Å². The molecule has 170 valence electrons. The van der Waals surface area contributed by atoms with Gasteiger partial charge in [-0.25, -0.2) is 0 Å². The summed E-state index contributed by atoms with van der Waals surface area (Å²) in [6.07, 6.45) is 0. The van der Waals surface area contributed by atoms with E-state index >= 15 is 0 Å². The number of pyridine rings is 1. The van der Waals surface area contributed by atoms with Crippen molar-refractivity contribution in [2.24, 2.45) is 0 Å². The summed E-state index contributed by atoms with van der Waals surface area (Å²) in [5.74, 6) is 1.57. The fourth-order valence-electron chi connectivity index (χ4n) is 3.62. The van der Waals surface area contributed by atoms with E-state index in [1.54, 1.807) is 18.4 Å². The van der Waals surface area contributed by atoms with E-state index in [1.165, 1.54) is 11.8 Å². The summed E-state index contributed by atoms with van der Waals surface area (Å²) in [6, 6.07) is 21.3. The number of fused-ring (bicyclic) bond motifs is 1. The highest BCUT2D eigenvalue weighted by Gasteiger charge is 2.18. The maximum Gasteiger partial charge on any atom is 0.234 e. The van der Waals surface area contributed by atoms with Gasteiger partial charge in [0.25, 0.3) is 0 Å². The molecule has 0 aliphatic carbocycles. The van der Waals surface area contributed by atoms with Gasteiger partial charge in [0.1, 0.15) is 5.75 Å². The number of carbonyl (C=O) groups is 1. The number of hydrogen-bond donors (Lipinski definition) is 1. The Balaban J connectivity index is 1.40. The molecule has 0 radical (unpaired) electrons. The van der Waals surface area contributed by atoms with Crippen LogP contribution >= 0.6 is 23.1 Å². The third-order valence-corrected chi connectivity index (χ3v) is 6.95. The predicted octanol–water partition coefficient (Wildman–Crippen LogP) is 5.59. The van der Waals surface area contributed by atoms with Crippen LogP contribution in [0.25, 0.3) is 27.3 Å². The number of anilines is 1. The normalized spacial score (nSPS) is 11.0. The standard InChI is InChI=1S/C25H21N5O2S2/c1-16-14-21(19-6-3-4-7-20(19)26-16)27-23(31)15-34-25-29-28-24(22-8-5-13-33-22)30(25)17-9-11-18(32-2)12-10-17/h3-14H,15H2,1-2H3,(H,26,27,31). The van der Waals surface area contributed by atoms with Crippen molar-refractivity contribution in [3.8, 4) is 22.1 Å². The molecule has 34 heavy (non-hydrogen) atoms. The van der Waals surface area contributed by atoms with Gasteiger partial charge in [-0.3, -0.25) is 14.3 Å². The van der Waals surface area contributed by atoms with Crippen LogP contribution in [-0.4, -0.2) is 38.5 Å². The highest BCUT2D eigenvalue weighted by atomic mass is 32.2. The Labute approximate surface area is 204 Å². The Hall–Kier alpha value is -3.69. The first-order chi connectivity index (χ1) is 16.6. The molecule has 0 fully saturated rings. The zero-order valence-corrected chi connectivity index (χ0v) is 20.2. The number of rotatable bonds is 7. The number of carbonyl (C=O) groups excluding carboxylic acids is 1. The minimum atomic E-state index is -0.122. The largest absolute Gasteiger partial charge is 0.497 e. The van der Waals surface area contributed by atoms with Gasteiger partial charge in [-0.05, 0) is 54.8 Å². The summed E-state index contributed by atoms with van der Waals surface area (Å²) < 4.78 is 7.26. The number of aromatic nitrogens is 4. The molecule has 0 bridgehead atoms. The van der Waals surface area contributed by atoms with Crippen LogP contribution in [0.5, 0.6) is 5.75 Å². The van der Waals surface area contributed by atoms with Crippen molar-refractivity contribution in [2.75, 3.05) is 18.2 Å². The smallest absolute Gasteiger partial charge is 0.234 e. The number of nitrogens with one attached hydrogen (secondary N) is 1. The minimum Gasteiger partial charge on any atom is -0.497 e. The van der Waals surface area contributed by atoms with Crippen LogP contribution in [0.3, 0.4) is 0 Å². The molecule has 3 aromatic heterocycles. The van der Waals surface area contributed by atoms with Gasteiger partial charge in [-0.2, -0.15) is 0 Å². The van der Waals surface area contributed by atoms with E-state index in [0.717, 1.165) is 44.4 Å². The average Bonchev–Trinajstić information content (AvgIpc) is 3.53. The summed E-state index contributed by atoms with van der Waals surface area (Å²) in [4.78, 5) is 18.4. The van der Waals surface area contributed by atoms with Crippen LogP contribution in [0.2, 0.25) is 0 Å². The van der Waals surface area contributed by atoms with Gasteiger partial charge in [0, 0.05) is 11.1 Å². The summed E-state index contributed by atoms with van der Waals surface area (Å²) >= 11 is 2.93. The fraction of sp³-hybridized carbons (Fsp3) is 0.120. The number of aryl methyl sites for hydroxylation is 1. The number of thioether (sulfide) groups is 1. The number of ether oxygens (including phenoxy) is 1. The van der Waals surface area contributed by atoms with E-state index in [2.05, 4.69) is 20.5 Å². The van der Waals surface area contributed by atoms with E-state index in [0.29, 0.717) is 5.16 Å². The lowest BCUT2D eigenvalue weighted by Gasteiger charge is -2.11. The van der Waals surface area contributed by atoms with E-state index in [-0.39, 0.29) is 11.7 Å². The molecule has 0 saturated carbocycles. The quantitative estimate of drug-likeness (QED) is 0.301. The van der Waals surface area contributed by atoms with Crippen molar-refractivity contribution >= 4 is 45.6 Å². The van der Waals surface area contributed by atoms with Gasteiger partial charge in [-0.1, -0.05) is 36.0 Å². The number of nitrogens with zero attached hydrogens (tertiary/aromatic N) is 4. The zero-order valence-electron chi connectivity index (χ0n) is 18.6. The van der Waals surface area contributed by atoms with Crippen LogP contribution in [0.15, 0.2) is 77.3 Å². The molecule has 1 amide bonds. The first kappa shape index (κ1) is 22.1. The van der Waals surface area contributed by atoms with Crippen LogP contribution < -0.4 is 10.1 Å². The molecule has 0 saturated heterocycles. The first-order valence-corrected chi connectivity index (χ1v) is 12.4. The topological polar surface area (TPSA) is 81.9 Å². The monoisotopic (exact) mass is 487 g/mol. The summed E-state index contributed by atoms with van der Waals surface area (Å²) in [5.41, 5.74) is 3.35. The van der Waals surface area contributed by atoms with Crippen LogP contribution in [0.4, 0.5) is 5.69 Å². The number of amides is 1. The Morgan fingerprint density at radius 3 is 2.68 bits per heavy atom. The molecule has 5 aromatic rings. The van der Waals surface area contributed by atoms with E-state index in [9.17, 15) is 4.79 Å². The van der Waals surface area contributed by atoms with Gasteiger partial charge >= 0.3 is 0 Å². The second kappa shape index (κ2) is 9.66. The lowest BCUT2D eigenvalue weighted by Crippen LogP contribution is -2.15. The maximum atomic E-state index is 12.9. The minimum absolute atomic E-state index is 0.122. The van der Waals surface area contributed by atoms with Gasteiger partial charge in [0.05, 0.1) is 34.6 Å². The first-order valence-electron chi connectivity index (χ1n) is 10.5. The third kappa shape index (κ3) is 4.52.